The lowest BCUT2D eigenvalue weighted by Gasteiger charge is -2.30. The summed E-state index contributed by atoms with van der Waals surface area (Å²) in [5.74, 6) is 0.00343. The van der Waals surface area contributed by atoms with Gasteiger partial charge < -0.3 is 10.4 Å². The molecule has 0 saturated carbocycles. The standard InChI is InChI=1S/C15H21NO2/c1-3-8-15(2,18)10-16-14(17)13-9-11-6-4-5-7-12(11)13/h4-7,13,18H,3,8-10H2,1-2H3,(H,16,17). The van der Waals surface area contributed by atoms with Gasteiger partial charge in [0.05, 0.1) is 11.5 Å². The van der Waals surface area contributed by atoms with E-state index in [0.717, 1.165) is 18.4 Å². The maximum atomic E-state index is 12.0. The van der Waals surface area contributed by atoms with Gasteiger partial charge in [-0.1, -0.05) is 37.6 Å². The van der Waals surface area contributed by atoms with Crippen molar-refractivity contribution >= 4 is 5.91 Å². The van der Waals surface area contributed by atoms with Gasteiger partial charge in [0.25, 0.3) is 0 Å². The first-order chi connectivity index (χ1) is 8.53. The minimum Gasteiger partial charge on any atom is -0.388 e. The molecule has 2 N–H and O–H groups in total. The van der Waals surface area contributed by atoms with E-state index in [4.69, 9.17) is 0 Å². The second-order valence-electron chi connectivity index (χ2n) is 5.42. The molecule has 1 aromatic carbocycles. The molecule has 18 heavy (non-hydrogen) atoms. The topological polar surface area (TPSA) is 49.3 Å². The van der Waals surface area contributed by atoms with Crippen molar-refractivity contribution in [2.24, 2.45) is 0 Å². The summed E-state index contributed by atoms with van der Waals surface area (Å²) >= 11 is 0. The Balaban J connectivity index is 1.88. The van der Waals surface area contributed by atoms with Gasteiger partial charge in [0, 0.05) is 6.54 Å². The van der Waals surface area contributed by atoms with Gasteiger partial charge in [-0.25, -0.2) is 0 Å². The summed E-state index contributed by atoms with van der Waals surface area (Å²) in [5, 5.41) is 12.9. The van der Waals surface area contributed by atoms with Crippen LogP contribution in [0.15, 0.2) is 24.3 Å². The lowest BCUT2D eigenvalue weighted by atomic mass is 9.77. The normalized spacial score (nSPS) is 20.5. The number of nitrogens with one attached hydrogen (secondary N) is 1. The molecule has 0 aliphatic heterocycles. The molecule has 2 rings (SSSR count). The fraction of sp³-hybridized carbons (Fsp3) is 0.533. The summed E-state index contributed by atoms with van der Waals surface area (Å²) in [6.07, 6.45) is 2.43. The van der Waals surface area contributed by atoms with E-state index >= 15 is 0 Å². The van der Waals surface area contributed by atoms with E-state index < -0.39 is 5.60 Å². The molecule has 1 aliphatic rings. The van der Waals surface area contributed by atoms with Crippen LogP contribution in [0.25, 0.3) is 0 Å². The summed E-state index contributed by atoms with van der Waals surface area (Å²) in [4.78, 5) is 12.0. The van der Waals surface area contributed by atoms with Crippen LogP contribution in [0.2, 0.25) is 0 Å². The molecule has 0 heterocycles. The van der Waals surface area contributed by atoms with Gasteiger partial charge in [0.1, 0.15) is 0 Å². The number of benzene rings is 1. The molecule has 0 spiro atoms. The van der Waals surface area contributed by atoms with Crippen LogP contribution < -0.4 is 5.32 Å². The van der Waals surface area contributed by atoms with E-state index in [1.807, 2.05) is 25.1 Å². The van der Waals surface area contributed by atoms with Crippen LogP contribution in [0.4, 0.5) is 0 Å². The second kappa shape index (κ2) is 5.11. The molecule has 2 unspecified atom stereocenters. The van der Waals surface area contributed by atoms with E-state index in [0.29, 0.717) is 13.0 Å². The van der Waals surface area contributed by atoms with E-state index in [1.54, 1.807) is 6.92 Å². The molecule has 1 aromatic rings. The Morgan fingerprint density at radius 1 is 1.50 bits per heavy atom. The summed E-state index contributed by atoms with van der Waals surface area (Å²) in [5.41, 5.74) is 1.59. The molecule has 0 saturated heterocycles. The van der Waals surface area contributed by atoms with Crippen LogP contribution in [0.5, 0.6) is 0 Å². The lowest BCUT2D eigenvalue weighted by molar-refractivity contribution is -0.124. The Morgan fingerprint density at radius 2 is 2.22 bits per heavy atom. The van der Waals surface area contributed by atoms with Crippen LogP contribution in [0, 0.1) is 0 Å². The minimum absolute atomic E-state index is 0.0290. The van der Waals surface area contributed by atoms with E-state index in [9.17, 15) is 9.90 Å². The van der Waals surface area contributed by atoms with Gasteiger partial charge in [-0.15, -0.1) is 0 Å². The average molecular weight is 247 g/mol. The first-order valence-corrected chi connectivity index (χ1v) is 6.61. The summed E-state index contributed by atoms with van der Waals surface area (Å²) in [7, 11) is 0. The maximum absolute atomic E-state index is 12.0. The van der Waals surface area contributed by atoms with Crippen LogP contribution >= 0.6 is 0 Å². The molecule has 3 heteroatoms. The number of fused-ring (bicyclic) bond motifs is 1. The van der Waals surface area contributed by atoms with Crippen molar-refractivity contribution < 1.29 is 9.90 Å². The Morgan fingerprint density at radius 3 is 2.89 bits per heavy atom. The number of carbonyl (C=O) groups excluding carboxylic acids is 1. The molecule has 0 aromatic heterocycles. The molecule has 1 amide bonds. The first-order valence-electron chi connectivity index (χ1n) is 6.61. The fourth-order valence-corrected chi connectivity index (χ4v) is 2.52. The van der Waals surface area contributed by atoms with E-state index in [-0.39, 0.29) is 11.8 Å². The molecule has 1 aliphatic carbocycles. The van der Waals surface area contributed by atoms with E-state index in [1.165, 1.54) is 5.56 Å². The van der Waals surface area contributed by atoms with Crippen LogP contribution in [-0.2, 0) is 11.2 Å². The van der Waals surface area contributed by atoms with Crippen molar-refractivity contribution in [3.63, 3.8) is 0 Å². The van der Waals surface area contributed by atoms with Gasteiger partial charge in [0.15, 0.2) is 0 Å². The highest BCUT2D eigenvalue weighted by molar-refractivity contribution is 5.86. The Bertz CT molecular complexity index is 440. The van der Waals surface area contributed by atoms with Gasteiger partial charge in [-0.2, -0.15) is 0 Å². The Labute approximate surface area is 108 Å². The zero-order chi connectivity index (χ0) is 13.2. The van der Waals surface area contributed by atoms with Gasteiger partial charge in [-0.3, -0.25) is 4.79 Å². The molecule has 0 fully saturated rings. The number of carbonyl (C=O) groups is 1. The third kappa shape index (κ3) is 2.72. The third-order valence-corrected chi connectivity index (χ3v) is 3.60. The Hall–Kier alpha value is -1.35. The van der Waals surface area contributed by atoms with Crippen molar-refractivity contribution in [2.75, 3.05) is 6.54 Å². The predicted molar refractivity (Wildman–Crippen MR) is 71.4 cm³/mol. The van der Waals surface area contributed by atoms with E-state index in [2.05, 4.69) is 11.4 Å². The molecule has 3 nitrogen and oxygen atoms in total. The monoisotopic (exact) mass is 247 g/mol. The zero-order valence-electron chi connectivity index (χ0n) is 11.1. The average Bonchev–Trinajstić information content (AvgIpc) is 2.28. The van der Waals surface area contributed by atoms with Crippen LogP contribution in [0.3, 0.4) is 0 Å². The number of aliphatic hydroxyl groups is 1. The number of amides is 1. The highest BCUT2D eigenvalue weighted by atomic mass is 16.3. The minimum atomic E-state index is -0.798. The second-order valence-corrected chi connectivity index (χ2v) is 5.42. The summed E-state index contributed by atoms with van der Waals surface area (Å²) in [6.45, 7) is 4.13. The number of rotatable bonds is 5. The van der Waals surface area contributed by atoms with Crippen molar-refractivity contribution in [3.05, 3.63) is 35.4 Å². The molecule has 0 bridgehead atoms. The SMILES string of the molecule is CCCC(C)(O)CNC(=O)C1Cc2ccccc21. The van der Waals surface area contributed by atoms with Crippen molar-refractivity contribution in [3.8, 4) is 0 Å². The summed E-state index contributed by atoms with van der Waals surface area (Å²) < 4.78 is 0. The van der Waals surface area contributed by atoms with Crippen LogP contribution in [-0.4, -0.2) is 23.2 Å². The highest BCUT2D eigenvalue weighted by Gasteiger charge is 2.32. The molecular weight excluding hydrogens is 226 g/mol. The zero-order valence-corrected chi connectivity index (χ0v) is 11.1. The molecular formula is C15H21NO2. The highest BCUT2D eigenvalue weighted by Crippen LogP contribution is 2.34. The smallest absolute Gasteiger partial charge is 0.227 e. The maximum Gasteiger partial charge on any atom is 0.227 e. The first kappa shape index (κ1) is 13.1. The van der Waals surface area contributed by atoms with Gasteiger partial charge >= 0.3 is 0 Å². The van der Waals surface area contributed by atoms with Crippen molar-refractivity contribution in [2.45, 2.75) is 44.6 Å². The molecule has 2 atom stereocenters. The van der Waals surface area contributed by atoms with Crippen molar-refractivity contribution in [1.29, 1.82) is 0 Å². The third-order valence-electron chi connectivity index (χ3n) is 3.60. The quantitative estimate of drug-likeness (QED) is 0.836. The van der Waals surface area contributed by atoms with Gasteiger partial charge in [0.2, 0.25) is 5.91 Å². The Kier molecular flexibility index (Phi) is 3.71. The molecule has 0 radical (unpaired) electrons. The van der Waals surface area contributed by atoms with Crippen molar-refractivity contribution in [1.82, 2.24) is 5.32 Å². The lowest BCUT2D eigenvalue weighted by Crippen LogP contribution is -2.44. The predicted octanol–water partition coefficient (Wildman–Crippen LogP) is 1.99. The number of hydrogen-bond acceptors (Lipinski definition) is 2. The fourth-order valence-electron chi connectivity index (χ4n) is 2.52. The largest absolute Gasteiger partial charge is 0.388 e. The number of hydrogen-bond donors (Lipinski definition) is 2. The summed E-state index contributed by atoms with van der Waals surface area (Å²) in [6, 6.07) is 8.03. The van der Waals surface area contributed by atoms with Crippen LogP contribution in [0.1, 0.15) is 43.7 Å². The molecule has 98 valence electrons. The van der Waals surface area contributed by atoms with Gasteiger partial charge in [-0.05, 0) is 30.9 Å².